The van der Waals surface area contributed by atoms with Crippen LogP contribution in [0.5, 0.6) is 0 Å². The summed E-state index contributed by atoms with van der Waals surface area (Å²) in [6.07, 6.45) is 0. The van der Waals surface area contributed by atoms with E-state index in [-0.39, 0.29) is 5.91 Å². The van der Waals surface area contributed by atoms with Gasteiger partial charge in [0, 0.05) is 17.9 Å². The Labute approximate surface area is 122 Å². The number of thioether (sulfide) groups is 1. The maximum Gasteiger partial charge on any atom is 0.253 e. The molecule has 1 amide bonds. The summed E-state index contributed by atoms with van der Waals surface area (Å²) < 4.78 is 1.70. The van der Waals surface area contributed by atoms with Crippen molar-refractivity contribution in [1.82, 2.24) is 24.9 Å². The molecule has 108 valence electrons. The quantitative estimate of drug-likeness (QED) is 0.848. The number of hydrogen-bond donors (Lipinski definition) is 1. The Balaban J connectivity index is 2.00. The minimum absolute atomic E-state index is 0.00316. The van der Waals surface area contributed by atoms with Gasteiger partial charge in [-0.1, -0.05) is 25.6 Å². The standard InChI is InChI=1S/C13H19N5OS/c1-8(2)6-14-11(19)7-20-13-16-12-15-9(3)5-10(4)18(12)17-13/h5,8H,6-7H2,1-4H3,(H,14,19). The van der Waals surface area contributed by atoms with E-state index in [1.807, 2.05) is 19.9 Å². The normalized spacial score (nSPS) is 11.2. The highest BCUT2D eigenvalue weighted by atomic mass is 32.2. The van der Waals surface area contributed by atoms with E-state index in [1.54, 1.807) is 4.52 Å². The van der Waals surface area contributed by atoms with E-state index >= 15 is 0 Å². The van der Waals surface area contributed by atoms with Gasteiger partial charge in [0.2, 0.25) is 11.1 Å². The van der Waals surface area contributed by atoms with Gasteiger partial charge in [-0.05, 0) is 25.8 Å². The summed E-state index contributed by atoms with van der Waals surface area (Å²) in [4.78, 5) is 20.3. The lowest BCUT2D eigenvalue weighted by atomic mass is 10.2. The first-order chi connectivity index (χ1) is 9.45. The first-order valence-corrected chi connectivity index (χ1v) is 7.55. The minimum Gasteiger partial charge on any atom is -0.355 e. The Morgan fingerprint density at radius 1 is 1.40 bits per heavy atom. The molecule has 1 N–H and O–H groups in total. The summed E-state index contributed by atoms with van der Waals surface area (Å²) in [5.74, 6) is 1.35. The number of aromatic nitrogens is 4. The van der Waals surface area contributed by atoms with Crippen LogP contribution < -0.4 is 5.32 Å². The molecule has 0 spiro atoms. The Morgan fingerprint density at radius 2 is 2.15 bits per heavy atom. The van der Waals surface area contributed by atoms with Gasteiger partial charge < -0.3 is 5.32 Å². The molecule has 7 heteroatoms. The van der Waals surface area contributed by atoms with Crippen LogP contribution in [-0.4, -0.2) is 37.8 Å². The molecule has 2 rings (SSSR count). The summed E-state index contributed by atoms with van der Waals surface area (Å²) in [7, 11) is 0. The maximum atomic E-state index is 11.6. The topological polar surface area (TPSA) is 72.2 Å². The van der Waals surface area contributed by atoms with Crippen molar-refractivity contribution in [2.75, 3.05) is 12.3 Å². The molecule has 0 saturated heterocycles. The van der Waals surface area contributed by atoms with Crippen LogP contribution in [0.25, 0.3) is 5.78 Å². The van der Waals surface area contributed by atoms with Crippen molar-refractivity contribution in [1.29, 1.82) is 0 Å². The molecule has 0 aliphatic rings. The molecule has 0 aromatic carbocycles. The van der Waals surface area contributed by atoms with Crippen LogP contribution in [-0.2, 0) is 4.79 Å². The fraction of sp³-hybridized carbons (Fsp3) is 0.538. The molecule has 0 aliphatic heterocycles. The van der Waals surface area contributed by atoms with Crippen molar-refractivity contribution in [2.24, 2.45) is 5.92 Å². The van der Waals surface area contributed by atoms with Crippen LogP contribution in [0.15, 0.2) is 11.2 Å². The predicted molar refractivity (Wildman–Crippen MR) is 78.8 cm³/mol. The molecule has 2 heterocycles. The zero-order valence-corrected chi connectivity index (χ0v) is 13.0. The third kappa shape index (κ3) is 3.69. The summed E-state index contributed by atoms with van der Waals surface area (Å²) in [5, 5.41) is 7.79. The Hall–Kier alpha value is -1.63. The molecule has 2 aromatic heterocycles. The molecule has 0 aliphatic carbocycles. The van der Waals surface area contributed by atoms with E-state index < -0.39 is 0 Å². The summed E-state index contributed by atoms with van der Waals surface area (Å²) in [6, 6.07) is 1.95. The predicted octanol–water partition coefficient (Wildman–Crippen LogP) is 1.61. The molecule has 0 saturated carbocycles. The lowest BCUT2D eigenvalue weighted by Crippen LogP contribution is -2.28. The van der Waals surface area contributed by atoms with Crippen LogP contribution in [0.1, 0.15) is 25.2 Å². The van der Waals surface area contributed by atoms with Crippen molar-refractivity contribution < 1.29 is 4.79 Å². The van der Waals surface area contributed by atoms with Crippen LogP contribution in [0, 0.1) is 19.8 Å². The smallest absolute Gasteiger partial charge is 0.253 e. The zero-order valence-electron chi connectivity index (χ0n) is 12.2. The summed E-state index contributed by atoms with van der Waals surface area (Å²) >= 11 is 1.33. The fourth-order valence-electron chi connectivity index (χ4n) is 1.71. The number of nitrogens with one attached hydrogen (secondary N) is 1. The fourth-order valence-corrected chi connectivity index (χ4v) is 2.36. The number of fused-ring (bicyclic) bond motifs is 1. The van der Waals surface area contributed by atoms with Crippen molar-refractivity contribution in [3.05, 3.63) is 17.5 Å². The summed E-state index contributed by atoms with van der Waals surface area (Å²) in [5.41, 5.74) is 1.89. The van der Waals surface area contributed by atoms with Gasteiger partial charge in [-0.25, -0.2) is 9.50 Å². The zero-order chi connectivity index (χ0) is 14.7. The minimum atomic E-state index is 0.00316. The van der Waals surface area contributed by atoms with Crippen molar-refractivity contribution >= 4 is 23.4 Å². The molecular formula is C13H19N5OS. The molecule has 0 bridgehead atoms. The van der Waals surface area contributed by atoms with E-state index in [0.717, 1.165) is 11.4 Å². The first-order valence-electron chi connectivity index (χ1n) is 6.56. The second-order valence-electron chi connectivity index (χ2n) is 5.13. The first kappa shape index (κ1) is 14.8. The van der Waals surface area contributed by atoms with Crippen LogP contribution in [0.2, 0.25) is 0 Å². The molecule has 6 nitrogen and oxygen atoms in total. The van der Waals surface area contributed by atoms with E-state index in [9.17, 15) is 4.79 Å². The van der Waals surface area contributed by atoms with Gasteiger partial charge in [-0.2, -0.15) is 4.98 Å². The highest BCUT2D eigenvalue weighted by Crippen LogP contribution is 2.14. The Morgan fingerprint density at radius 3 is 2.85 bits per heavy atom. The number of aryl methyl sites for hydroxylation is 2. The van der Waals surface area contributed by atoms with Gasteiger partial charge in [-0.15, -0.1) is 5.10 Å². The van der Waals surface area contributed by atoms with Crippen molar-refractivity contribution in [3.8, 4) is 0 Å². The average molecular weight is 293 g/mol. The van der Waals surface area contributed by atoms with Crippen molar-refractivity contribution in [3.63, 3.8) is 0 Å². The van der Waals surface area contributed by atoms with Crippen molar-refractivity contribution in [2.45, 2.75) is 32.9 Å². The average Bonchev–Trinajstić information content (AvgIpc) is 2.77. The van der Waals surface area contributed by atoms with Gasteiger partial charge in [0.25, 0.3) is 5.78 Å². The van der Waals surface area contributed by atoms with Gasteiger partial charge in [0.05, 0.1) is 5.75 Å². The van der Waals surface area contributed by atoms with E-state index in [1.165, 1.54) is 11.8 Å². The highest BCUT2D eigenvalue weighted by molar-refractivity contribution is 7.99. The van der Waals surface area contributed by atoms with Gasteiger partial charge in [0.1, 0.15) is 0 Å². The SMILES string of the molecule is Cc1cc(C)n2nc(SCC(=O)NCC(C)C)nc2n1. The number of rotatable bonds is 5. The molecule has 20 heavy (non-hydrogen) atoms. The number of carbonyl (C=O) groups excluding carboxylic acids is 1. The van der Waals surface area contributed by atoms with E-state index in [4.69, 9.17) is 0 Å². The van der Waals surface area contributed by atoms with Gasteiger partial charge >= 0.3 is 0 Å². The Bertz CT molecular complexity index is 622. The van der Waals surface area contributed by atoms with Crippen LogP contribution in [0.4, 0.5) is 0 Å². The van der Waals surface area contributed by atoms with Crippen LogP contribution >= 0.6 is 11.8 Å². The molecular weight excluding hydrogens is 274 g/mol. The maximum absolute atomic E-state index is 11.6. The molecule has 2 aromatic rings. The largest absolute Gasteiger partial charge is 0.355 e. The second-order valence-corrected chi connectivity index (χ2v) is 6.07. The number of hydrogen-bond acceptors (Lipinski definition) is 5. The number of nitrogens with zero attached hydrogens (tertiary/aromatic N) is 4. The number of carbonyl (C=O) groups is 1. The molecule has 0 unspecified atom stereocenters. The molecule has 0 fully saturated rings. The molecule has 0 atom stereocenters. The monoisotopic (exact) mass is 293 g/mol. The molecule has 0 radical (unpaired) electrons. The second kappa shape index (κ2) is 6.21. The van der Waals surface area contributed by atoms with E-state index in [0.29, 0.717) is 29.1 Å². The highest BCUT2D eigenvalue weighted by Gasteiger charge is 2.10. The van der Waals surface area contributed by atoms with Crippen LogP contribution in [0.3, 0.4) is 0 Å². The lowest BCUT2D eigenvalue weighted by Gasteiger charge is -2.05. The lowest BCUT2D eigenvalue weighted by molar-refractivity contribution is -0.118. The van der Waals surface area contributed by atoms with Gasteiger partial charge in [-0.3, -0.25) is 4.79 Å². The van der Waals surface area contributed by atoms with Gasteiger partial charge in [0.15, 0.2) is 0 Å². The third-order valence-corrected chi connectivity index (χ3v) is 3.48. The third-order valence-electron chi connectivity index (χ3n) is 2.64. The van der Waals surface area contributed by atoms with E-state index in [2.05, 4.69) is 34.2 Å². The Kier molecular flexibility index (Phi) is 4.59. The summed E-state index contributed by atoms with van der Waals surface area (Å²) in [6.45, 7) is 8.70. The number of amides is 1.